The van der Waals surface area contributed by atoms with Crippen LogP contribution in [0.15, 0.2) is 42.5 Å². The first-order valence-electron chi connectivity index (χ1n) is 9.47. The van der Waals surface area contributed by atoms with Gasteiger partial charge in [0.1, 0.15) is 19.3 Å². The highest BCUT2D eigenvalue weighted by Gasteiger charge is 2.21. The van der Waals surface area contributed by atoms with Crippen molar-refractivity contribution in [2.45, 2.75) is 25.8 Å². The van der Waals surface area contributed by atoms with Crippen molar-refractivity contribution in [1.29, 1.82) is 0 Å². The van der Waals surface area contributed by atoms with E-state index in [4.69, 9.17) is 9.47 Å². The summed E-state index contributed by atoms with van der Waals surface area (Å²) in [5, 5.41) is 6.07. The molecule has 7 heteroatoms. The number of fused-ring (bicyclic) bond motifs is 1. The Morgan fingerprint density at radius 3 is 2.46 bits per heavy atom. The van der Waals surface area contributed by atoms with Crippen LogP contribution in [0.4, 0.5) is 17.1 Å². The van der Waals surface area contributed by atoms with Crippen molar-refractivity contribution in [2.75, 3.05) is 35.3 Å². The van der Waals surface area contributed by atoms with Gasteiger partial charge in [-0.25, -0.2) is 0 Å². The molecule has 2 amide bonds. The van der Waals surface area contributed by atoms with E-state index in [1.165, 1.54) is 0 Å². The molecular formula is C21H23N3O4. The fourth-order valence-corrected chi connectivity index (χ4v) is 3.35. The maximum Gasteiger partial charge on any atom is 0.246 e. The zero-order chi connectivity index (χ0) is 19.5. The molecule has 2 aromatic carbocycles. The highest BCUT2D eigenvalue weighted by Crippen LogP contribution is 2.32. The molecule has 28 heavy (non-hydrogen) atoms. The molecule has 7 nitrogen and oxygen atoms in total. The van der Waals surface area contributed by atoms with Crippen LogP contribution in [-0.2, 0) is 9.59 Å². The van der Waals surface area contributed by atoms with Crippen molar-refractivity contribution in [1.82, 2.24) is 0 Å². The highest BCUT2D eigenvalue weighted by molar-refractivity contribution is 5.97. The molecule has 2 aliphatic rings. The van der Waals surface area contributed by atoms with Gasteiger partial charge in [-0.1, -0.05) is 0 Å². The SMILES string of the molecule is C[C@@H](Nc1ccc(N2CCCC2=O)cc1)C(=O)Nc1ccc2c(c1)OCCO2. The van der Waals surface area contributed by atoms with Crippen LogP contribution in [0.2, 0.25) is 0 Å². The Bertz CT molecular complexity index is 882. The van der Waals surface area contributed by atoms with Crippen molar-refractivity contribution in [3.63, 3.8) is 0 Å². The average molecular weight is 381 g/mol. The van der Waals surface area contributed by atoms with Crippen LogP contribution in [0, 0.1) is 0 Å². The van der Waals surface area contributed by atoms with Gasteiger partial charge in [0, 0.05) is 36.1 Å². The molecule has 2 N–H and O–H groups in total. The molecule has 1 saturated heterocycles. The van der Waals surface area contributed by atoms with Crippen LogP contribution in [-0.4, -0.2) is 37.6 Å². The summed E-state index contributed by atoms with van der Waals surface area (Å²) < 4.78 is 11.0. The molecule has 0 aliphatic carbocycles. The summed E-state index contributed by atoms with van der Waals surface area (Å²) >= 11 is 0. The minimum atomic E-state index is -0.438. The second kappa shape index (κ2) is 7.80. The van der Waals surface area contributed by atoms with Gasteiger partial charge in [-0.2, -0.15) is 0 Å². The van der Waals surface area contributed by atoms with Gasteiger partial charge < -0.3 is 25.0 Å². The standard InChI is InChI=1S/C21H23N3O4/c1-14(21(26)23-16-6-9-18-19(13-16)28-12-11-27-18)22-15-4-7-17(8-5-15)24-10-2-3-20(24)25/h4-9,13-14,22H,2-3,10-12H2,1H3,(H,23,26)/t14-/m1/s1. The summed E-state index contributed by atoms with van der Waals surface area (Å²) in [6.45, 7) is 3.59. The smallest absolute Gasteiger partial charge is 0.246 e. The number of ether oxygens (including phenoxy) is 2. The van der Waals surface area contributed by atoms with E-state index in [0.29, 0.717) is 36.8 Å². The van der Waals surface area contributed by atoms with Crippen molar-refractivity contribution in [3.8, 4) is 11.5 Å². The normalized spacial score (nSPS) is 16.6. The molecule has 1 atom stereocenters. The molecule has 2 heterocycles. The lowest BCUT2D eigenvalue weighted by molar-refractivity contribution is -0.117. The van der Waals surface area contributed by atoms with Gasteiger partial charge in [-0.15, -0.1) is 0 Å². The van der Waals surface area contributed by atoms with E-state index in [-0.39, 0.29) is 11.8 Å². The number of rotatable bonds is 5. The Hall–Kier alpha value is -3.22. The summed E-state index contributed by atoms with van der Waals surface area (Å²) in [6.07, 6.45) is 1.51. The molecule has 0 radical (unpaired) electrons. The van der Waals surface area contributed by atoms with Crippen LogP contribution in [0.25, 0.3) is 0 Å². The van der Waals surface area contributed by atoms with Crippen molar-refractivity contribution in [2.24, 2.45) is 0 Å². The monoisotopic (exact) mass is 381 g/mol. The lowest BCUT2D eigenvalue weighted by Gasteiger charge is -2.20. The van der Waals surface area contributed by atoms with Gasteiger partial charge >= 0.3 is 0 Å². The quantitative estimate of drug-likeness (QED) is 0.832. The number of anilines is 3. The summed E-state index contributed by atoms with van der Waals surface area (Å²) in [5.74, 6) is 1.33. The van der Waals surface area contributed by atoms with Crippen molar-refractivity contribution < 1.29 is 19.1 Å². The van der Waals surface area contributed by atoms with Gasteiger partial charge in [0.15, 0.2) is 11.5 Å². The van der Waals surface area contributed by atoms with Crippen LogP contribution >= 0.6 is 0 Å². The first kappa shape index (κ1) is 18.2. The van der Waals surface area contributed by atoms with E-state index in [1.807, 2.05) is 24.3 Å². The largest absolute Gasteiger partial charge is 0.486 e. The fourth-order valence-electron chi connectivity index (χ4n) is 3.35. The third-order valence-electron chi connectivity index (χ3n) is 4.84. The number of amides is 2. The number of carbonyl (C=O) groups excluding carboxylic acids is 2. The first-order valence-corrected chi connectivity index (χ1v) is 9.47. The average Bonchev–Trinajstić information content (AvgIpc) is 3.14. The fraction of sp³-hybridized carbons (Fsp3) is 0.333. The van der Waals surface area contributed by atoms with Crippen LogP contribution in [0.5, 0.6) is 11.5 Å². The summed E-state index contributed by atoms with van der Waals surface area (Å²) in [4.78, 5) is 26.1. The third-order valence-corrected chi connectivity index (χ3v) is 4.84. The van der Waals surface area contributed by atoms with Gasteiger partial charge in [0.2, 0.25) is 11.8 Å². The minimum Gasteiger partial charge on any atom is -0.486 e. The van der Waals surface area contributed by atoms with Crippen LogP contribution < -0.4 is 25.0 Å². The Morgan fingerprint density at radius 2 is 1.75 bits per heavy atom. The molecule has 4 rings (SSSR count). The van der Waals surface area contributed by atoms with Crippen LogP contribution in [0.3, 0.4) is 0 Å². The second-order valence-electron chi connectivity index (χ2n) is 6.91. The second-order valence-corrected chi connectivity index (χ2v) is 6.91. The topological polar surface area (TPSA) is 79.9 Å². The molecule has 146 valence electrons. The Morgan fingerprint density at radius 1 is 1.04 bits per heavy atom. The number of carbonyl (C=O) groups is 2. The maximum absolute atomic E-state index is 12.5. The van der Waals surface area contributed by atoms with E-state index in [9.17, 15) is 9.59 Å². The molecule has 2 aliphatic heterocycles. The lowest BCUT2D eigenvalue weighted by Crippen LogP contribution is -2.32. The molecule has 0 bridgehead atoms. The molecule has 0 saturated carbocycles. The maximum atomic E-state index is 12.5. The van der Waals surface area contributed by atoms with E-state index in [1.54, 1.807) is 30.0 Å². The van der Waals surface area contributed by atoms with Gasteiger partial charge in [-0.05, 0) is 49.7 Å². The van der Waals surface area contributed by atoms with E-state index in [0.717, 1.165) is 24.3 Å². The third kappa shape index (κ3) is 3.88. The van der Waals surface area contributed by atoms with Crippen molar-refractivity contribution >= 4 is 28.9 Å². The number of hydrogen-bond acceptors (Lipinski definition) is 5. The highest BCUT2D eigenvalue weighted by atomic mass is 16.6. The number of hydrogen-bond donors (Lipinski definition) is 2. The molecule has 1 fully saturated rings. The Balaban J connectivity index is 1.36. The lowest BCUT2D eigenvalue weighted by atomic mass is 10.2. The first-order chi connectivity index (χ1) is 13.6. The van der Waals surface area contributed by atoms with Crippen LogP contribution in [0.1, 0.15) is 19.8 Å². The molecule has 0 aromatic heterocycles. The van der Waals surface area contributed by atoms with Gasteiger partial charge in [0.05, 0.1) is 0 Å². The molecule has 0 unspecified atom stereocenters. The van der Waals surface area contributed by atoms with E-state index < -0.39 is 6.04 Å². The summed E-state index contributed by atoms with van der Waals surface area (Å²) in [6, 6.07) is 12.5. The number of benzene rings is 2. The predicted molar refractivity (Wildman–Crippen MR) is 107 cm³/mol. The molecule has 2 aromatic rings. The Labute approximate surface area is 163 Å². The number of nitrogens with one attached hydrogen (secondary N) is 2. The predicted octanol–water partition coefficient (Wildman–Crippen LogP) is 3.02. The van der Waals surface area contributed by atoms with E-state index in [2.05, 4.69) is 10.6 Å². The molecule has 0 spiro atoms. The summed E-state index contributed by atoms with van der Waals surface area (Å²) in [7, 11) is 0. The Kier molecular flexibility index (Phi) is 5.06. The van der Waals surface area contributed by atoms with E-state index >= 15 is 0 Å². The number of nitrogens with zero attached hydrogens (tertiary/aromatic N) is 1. The van der Waals surface area contributed by atoms with Gasteiger partial charge in [-0.3, -0.25) is 9.59 Å². The summed E-state index contributed by atoms with van der Waals surface area (Å²) in [5.41, 5.74) is 2.37. The molecular weight excluding hydrogens is 358 g/mol. The zero-order valence-electron chi connectivity index (χ0n) is 15.7. The zero-order valence-corrected chi connectivity index (χ0v) is 15.7. The van der Waals surface area contributed by atoms with Crippen molar-refractivity contribution in [3.05, 3.63) is 42.5 Å². The minimum absolute atomic E-state index is 0.157. The van der Waals surface area contributed by atoms with Gasteiger partial charge in [0.25, 0.3) is 0 Å².